The minimum atomic E-state index is -1.87. The third-order valence-corrected chi connectivity index (χ3v) is 3.04. The minimum absolute atomic E-state index is 0.441. The van der Waals surface area contributed by atoms with Gasteiger partial charge in [0.1, 0.15) is 0 Å². The first-order chi connectivity index (χ1) is 8.04. The van der Waals surface area contributed by atoms with E-state index in [-0.39, 0.29) is 0 Å². The first-order valence-electron chi connectivity index (χ1n) is 5.52. The van der Waals surface area contributed by atoms with E-state index in [9.17, 15) is 14.4 Å². The Hall–Kier alpha value is -1.39. The van der Waals surface area contributed by atoms with Crippen LogP contribution in [0, 0.1) is 6.92 Å². The van der Waals surface area contributed by atoms with E-state index >= 15 is 0 Å². The number of rotatable bonds is 2. The Labute approximate surface area is 100 Å². The number of hydrogen-bond donors (Lipinski definition) is 2. The molecule has 0 saturated heterocycles. The van der Waals surface area contributed by atoms with Crippen molar-refractivity contribution in [2.24, 2.45) is 0 Å². The summed E-state index contributed by atoms with van der Waals surface area (Å²) in [6.07, 6.45) is 6.05. The fourth-order valence-electron chi connectivity index (χ4n) is 2.12. The average molecular weight is 232 g/mol. The van der Waals surface area contributed by atoms with Crippen molar-refractivity contribution in [3.8, 4) is 0 Å². The molecule has 0 spiro atoms. The zero-order chi connectivity index (χ0) is 12.5. The van der Waals surface area contributed by atoms with Crippen LogP contribution in [0.5, 0.6) is 0 Å². The molecule has 0 heterocycles. The molecular weight excluding hydrogens is 218 g/mol. The molecule has 0 fully saturated rings. The molecule has 0 aliphatic heterocycles. The Morgan fingerprint density at radius 1 is 1.29 bits per heavy atom. The summed E-state index contributed by atoms with van der Waals surface area (Å²) in [4.78, 5) is 0. The van der Waals surface area contributed by atoms with Crippen LogP contribution in [0.1, 0.15) is 11.1 Å². The van der Waals surface area contributed by atoms with E-state index in [0.717, 1.165) is 5.56 Å². The van der Waals surface area contributed by atoms with Crippen LogP contribution in [-0.4, -0.2) is 17.2 Å². The number of benzene rings is 1. The van der Waals surface area contributed by atoms with Crippen LogP contribution >= 0.6 is 0 Å². The van der Waals surface area contributed by atoms with Gasteiger partial charge in [-0.3, -0.25) is 0 Å². The number of aryl methyl sites for hydroxylation is 1. The molecule has 2 rings (SSSR count). The fourth-order valence-corrected chi connectivity index (χ4v) is 2.12. The Morgan fingerprint density at radius 3 is 2.71 bits per heavy atom. The summed E-state index contributed by atoms with van der Waals surface area (Å²) in [5.74, 6) is -0.978. The fraction of sp³-hybridized carbons (Fsp3) is 0.231. The Balaban J connectivity index is 2.46. The molecule has 88 valence electrons. The molecule has 17 heavy (non-hydrogen) atoms. The summed E-state index contributed by atoms with van der Waals surface area (Å²) < 4.78 is 14.9. The Kier molecular flexibility index (Phi) is 3.18. The normalized spacial score (nSPS) is 27.2. The molecular formula is C13H14BFO2. The summed E-state index contributed by atoms with van der Waals surface area (Å²) in [7, 11) is -1.72. The van der Waals surface area contributed by atoms with Crippen LogP contribution < -0.4 is 0 Å². The highest BCUT2D eigenvalue weighted by Gasteiger charge is 2.44. The predicted octanol–water partition coefficient (Wildman–Crippen LogP) is 2.13. The van der Waals surface area contributed by atoms with Gasteiger partial charge in [0.25, 0.3) is 0 Å². The van der Waals surface area contributed by atoms with Gasteiger partial charge in [0, 0.05) is 0 Å². The van der Waals surface area contributed by atoms with Crippen LogP contribution in [-0.2, 0) is 5.67 Å². The molecule has 2 atom stereocenters. The van der Waals surface area contributed by atoms with Crippen molar-refractivity contribution in [1.82, 2.24) is 0 Å². The van der Waals surface area contributed by atoms with Gasteiger partial charge < -0.3 is 10.0 Å². The second kappa shape index (κ2) is 4.47. The number of halogens is 1. The molecule has 2 N–H and O–H groups in total. The van der Waals surface area contributed by atoms with E-state index in [1.54, 1.807) is 30.4 Å². The molecule has 0 bridgehead atoms. The highest BCUT2D eigenvalue weighted by atomic mass is 19.1. The van der Waals surface area contributed by atoms with Crippen molar-refractivity contribution < 1.29 is 14.4 Å². The third-order valence-electron chi connectivity index (χ3n) is 3.04. The lowest BCUT2D eigenvalue weighted by atomic mass is 9.60. The van der Waals surface area contributed by atoms with Crippen molar-refractivity contribution in [3.05, 3.63) is 59.7 Å². The van der Waals surface area contributed by atoms with Crippen LogP contribution in [0.3, 0.4) is 0 Å². The van der Waals surface area contributed by atoms with Gasteiger partial charge in [0.05, 0.1) is 5.82 Å². The van der Waals surface area contributed by atoms with Crippen molar-refractivity contribution in [2.75, 3.05) is 0 Å². The van der Waals surface area contributed by atoms with Gasteiger partial charge in [-0.2, -0.15) is 0 Å². The van der Waals surface area contributed by atoms with E-state index in [1.807, 2.05) is 13.0 Å². The maximum absolute atomic E-state index is 14.9. The van der Waals surface area contributed by atoms with Gasteiger partial charge in [-0.1, -0.05) is 48.1 Å². The molecule has 0 amide bonds. The van der Waals surface area contributed by atoms with Crippen molar-refractivity contribution in [1.29, 1.82) is 0 Å². The standard InChI is InChI=1S/C13H14BFO2/c1-10-5-4-6-11(9-10)13(15)8-3-2-7-12(13)14(16)17/h2-9,12,16-17H,1H3. The lowest BCUT2D eigenvalue weighted by Crippen LogP contribution is -2.35. The zero-order valence-electron chi connectivity index (χ0n) is 9.55. The van der Waals surface area contributed by atoms with E-state index in [1.165, 1.54) is 12.2 Å². The summed E-state index contributed by atoms with van der Waals surface area (Å²) >= 11 is 0. The largest absolute Gasteiger partial charge is 0.462 e. The van der Waals surface area contributed by atoms with Gasteiger partial charge in [0.15, 0.2) is 5.67 Å². The molecule has 1 aliphatic rings. The zero-order valence-corrected chi connectivity index (χ0v) is 9.55. The van der Waals surface area contributed by atoms with Gasteiger partial charge in [-0.15, -0.1) is 0 Å². The molecule has 1 aromatic rings. The highest BCUT2D eigenvalue weighted by Crippen LogP contribution is 2.43. The SMILES string of the molecule is Cc1cccc(C2(F)C=CC=CC2B(O)O)c1. The lowest BCUT2D eigenvalue weighted by molar-refractivity contribution is 0.210. The Bertz CT molecular complexity index is 470. The van der Waals surface area contributed by atoms with E-state index in [4.69, 9.17) is 0 Å². The molecule has 2 unspecified atom stereocenters. The quantitative estimate of drug-likeness (QED) is 0.766. The molecule has 0 radical (unpaired) electrons. The van der Waals surface area contributed by atoms with Crippen LogP contribution in [0.25, 0.3) is 0 Å². The predicted molar refractivity (Wildman–Crippen MR) is 66.2 cm³/mol. The molecule has 1 aliphatic carbocycles. The maximum Gasteiger partial charge on any atom is 0.462 e. The van der Waals surface area contributed by atoms with Gasteiger partial charge in [-0.25, -0.2) is 4.39 Å². The van der Waals surface area contributed by atoms with Crippen molar-refractivity contribution in [2.45, 2.75) is 18.4 Å². The summed E-state index contributed by atoms with van der Waals surface area (Å²) in [6.45, 7) is 1.87. The molecule has 4 heteroatoms. The van der Waals surface area contributed by atoms with E-state index in [2.05, 4.69) is 0 Å². The third kappa shape index (κ3) is 2.19. The van der Waals surface area contributed by atoms with Crippen LogP contribution in [0.4, 0.5) is 4.39 Å². The van der Waals surface area contributed by atoms with E-state index in [0.29, 0.717) is 5.56 Å². The molecule has 2 nitrogen and oxygen atoms in total. The van der Waals surface area contributed by atoms with Crippen LogP contribution in [0.2, 0.25) is 5.82 Å². The van der Waals surface area contributed by atoms with Crippen LogP contribution in [0.15, 0.2) is 48.6 Å². The smallest absolute Gasteiger partial charge is 0.427 e. The molecule has 0 saturated carbocycles. The number of alkyl halides is 1. The number of allylic oxidation sites excluding steroid dienone is 4. The monoisotopic (exact) mass is 232 g/mol. The number of hydrogen-bond acceptors (Lipinski definition) is 2. The van der Waals surface area contributed by atoms with Gasteiger partial charge >= 0.3 is 7.12 Å². The molecule has 1 aromatic carbocycles. The summed E-state index contributed by atoms with van der Waals surface area (Å²) in [5, 5.41) is 18.5. The lowest BCUT2D eigenvalue weighted by Gasteiger charge is -2.31. The summed E-state index contributed by atoms with van der Waals surface area (Å²) in [6, 6.07) is 7.02. The van der Waals surface area contributed by atoms with Crippen molar-refractivity contribution >= 4 is 7.12 Å². The van der Waals surface area contributed by atoms with E-state index < -0.39 is 18.6 Å². The van der Waals surface area contributed by atoms with Crippen molar-refractivity contribution in [3.63, 3.8) is 0 Å². The first-order valence-corrected chi connectivity index (χ1v) is 5.52. The second-order valence-electron chi connectivity index (χ2n) is 4.32. The highest BCUT2D eigenvalue weighted by molar-refractivity contribution is 6.44. The maximum atomic E-state index is 14.9. The summed E-state index contributed by atoms with van der Waals surface area (Å²) in [5.41, 5.74) is -0.487. The molecule has 0 aromatic heterocycles. The minimum Gasteiger partial charge on any atom is -0.427 e. The van der Waals surface area contributed by atoms with Gasteiger partial charge in [-0.05, 0) is 18.6 Å². The van der Waals surface area contributed by atoms with Gasteiger partial charge in [0.2, 0.25) is 0 Å². The average Bonchev–Trinajstić information content (AvgIpc) is 2.29. The first kappa shape index (κ1) is 12.1. The Morgan fingerprint density at radius 2 is 2.06 bits per heavy atom. The topological polar surface area (TPSA) is 40.5 Å². The second-order valence-corrected chi connectivity index (χ2v) is 4.32.